The van der Waals surface area contributed by atoms with E-state index in [2.05, 4.69) is 26.2 Å². The van der Waals surface area contributed by atoms with Crippen molar-refractivity contribution < 1.29 is 9.90 Å². The van der Waals surface area contributed by atoms with Gasteiger partial charge in [0.1, 0.15) is 0 Å². The largest absolute Gasteiger partial charge is 0.465 e. The number of pyridine rings is 1. The molecule has 1 heterocycles. The van der Waals surface area contributed by atoms with Gasteiger partial charge >= 0.3 is 6.09 Å². The molecular formula is C10H10BrClN2O2. The second-order valence-electron chi connectivity index (χ2n) is 3.92. The molecule has 0 unspecified atom stereocenters. The van der Waals surface area contributed by atoms with Gasteiger partial charge in [0.25, 0.3) is 0 Å². The van der Waals surface area contributed by atoms with Gasteiger partial charge in [0.05, 0.1) is 10.7 Å². The third-order valence-corrected chi connectivity index (χ3v) is 3.46. The van der Waals surface area contributed by atoms with Crippen LogP contribution >= 0.6 is 27.5 Å². The van der Waals surface area contributed by atoms with Crippen LogP contribution in [0.25, 0.3) is 0 Å². The Kier molecular flexibility index (Phi) is 3.08. The van der Waals surface area contributed by atoms with Crippen molar-refractivity contribution in [1.82, 2.24) is 10.3 Å². The monoisotopic (exact) mass is 304 g/mol. The van der Waals surface area contributed by atoms with E-state index in [1.165, 1.54) is 0 Å². The van der Waals surface area contributed by atoms with E-state index in [4.69, 9.17) is 16.7 Å². The third-order valence-electron chi connectivity index (χ3n) is 2.74. The number of nitrogens with zero attached hydrogens (tertiary/aromatic N) is 1. The molecule has 0 spiro atoms. The molecule has 0 aliphatic heterocycles. The zero-order valence-electron chi connectivity index (χ0n) is 8.33. The van der Waals surface area contributed by atoms with E-state index in [0.29, 0.717) is 11.6 Å². The molecule has 0 radical (unpaired) electrons. The fourth-order valence-electron chi connectivity index (χ4n) is 1.70. The molecule has 1 saturated carbocycles. The van der Waals surface area contributed by atoms with E-state index in [1.54, 1.807) is 12.3 Å². The Balaban J connectivity index is 2.19. The Morgan fingerprint density at radius 3 is 2.88 bits per heavy atom. The van der Waals surface area contributed by atoms with E-state index >= 15 is 0 Å². The highest BCUT2D eigenvalue weighted by Gasteiger charge is 2.47. The van der Waals surface area contributed by atoms with E-state index in [-0.39, 0.29) is 5.41 Å². The number of carbonyl (C=O) groups is 1. The summed E-state index contributed by atoms with van der Waals surface area (Å²) in [5.41, 5.74) is 0.585. The molecule has 0 saturated heterocycles. The highest BCUT2D eigenvalue weighted by Crippen LogP contribution is 2.49. The van der Waals surface area contributed by atoms with Gasteiger partial charge in [0.15, 0.2) is 0 Å². The van der Waals surface area contributed by atoms with Gasteiger partial charge in [0, 0.05) is 22.6 Å². The summed E-state index contributed by atoms with van der Waals surface area (Å²) in [5, 5.41) is 11.6. The van der Waals surface area contributed by atoms with Crippen molar-refractivity contribution in [2.45, 2.75) is 18.3 Å². The van der Waals surface area contributed by atoms with Crippen LogP contribution in [0.1, 0.15) is 18.5 Å². The smallest absolute Gasteiger partial charge is 0.404 e. The van der Waals surface area contributed by atoms with Gasteiger partial charge < -0.3 is 10.4 Å². The minimum Gasteiger partial charge on any atom is -0.465 e. The lowest BCUT2D eigenvalue weighted by atomic mass is 10.0. The molecule has 0 bridgehead atoms. The van der Waals surface area contributed by atoms with Crippen molar-refractivity contribution in [3.8, 4) is 0 Å². The minimum atomic E-state index is -1.01. The van der Waals surface area contributed by atoms with E-state index in [0.717, 1.165) is 23.0 Å². The molecule has 1 aliphatic carbocycles. The summed E-state index contributed by atoms with van der Waals surface area (Å²) in [6, 6.07) is 1.78. The van der Waals surface area contributed by atoms with Gasteiger partial charge in [-0.3, -0.25) is 4.98 Å². The van der Waals surface area contributed by atoms with Crippen LogP contribution in [-0.4, -0.2) is 22.7 Å². The molecule has 16 heavy (non-hydrogen) atoms. The fraction of sp³-hybridized carbons (Fsp3) is 0.400. The predicted molar refractivity (Wildman–Crippen MR) is 63.9 cm³/mol. The van der Waals surface area contributed by atoms with Gasteiger partial charge in [0.2, 0.25) is 0 Å². The first-order valence-electron chi connectivity index (χ1n) is 4.82. The van der Waals surface area contributed by atoms with Gasteiger partial charge in [-0.1, -0.05) is 11.6 Å². The summed E-state index contributed by atoms with van der Waals surface area (Å²) in [7, 11) is 0. The van der Waals surface area contributed by atoms with Crippen LogP contribution in [0.5, 0.6) is 0 Å². The lowest BCUT2D eigenvalue weighted by molar-refractivity contribution is 0.193. The molecule has 86 valence electrons. The molecule has 2 rings (SSSR count). The molecular weight excluding hydrogens is 295 g/mol. The van der Waals surface area contributed by atoms with Crippen LogP contribution in [-0.2, 0) is 5.41 Å². The van der Waals surface area contributed by atoms with Crippen molar-refractivity contribution in [2.24, 2.45) is 0 Å². The fourth-order valence-corrected chi connectivity index (χ4v) is 2.53. The van der Waals surface area contributed by atoms with E-state index in [1.807, 2.05) is 0 Å². The number of halogens is 2. The Hall–Kier alpha value is -0.810. The normalized spacial score (nSPS) is 16.9. The topological polar surface area (TPSA) is 62.2 Å². The van der Waals surface area contributed by atoms with Crippen LogP contribution in [0.4, 0.5) is 4.79 Å². The molecule has 4 nitrogen and oxygen atoms in total. The van der Waals surface area contributed by atoms with Crippen molar-refractivity contribution >= 4 is 33.6 Å². The van der Waals surface area contributed by atoms with Crippen molar-refractivity contribution in [2.75, 3.05) is 6.54 Å². The predicted octanol–water partition coefficient (Wildman–Crippen LogP) is 2.80. The first-order chi connectivity index (χ1) is 7.53. The standard InChI is InChI=1S/C10H10BrClN2O2/c11-6-3-7(12)8(13-4-6)10(1-2-10)5-14-9(15)16/h3-4,14H,1-2,5H2,(H,15,16). The second-order valence-corrected chi connectivity index (χ2v) is 5.25. The molecule has 1 fully saturated rings. The maximum Gasteiger partial charge on any atom is 0.404 e. The first kappa shape index (κ1) is 11.7. The van der Waals surface area contributed by atoms with Gasteiger partial charge in [-0.2, -0.15) is 0 Å². The van der Waals surface area contributed by atoms with Crippen molar-refractivity contribution in [1.29, 1.82) is 0 Å². The molecule has 1 amide bonds. The van der Waals surface area contributed by atoms with Crippen molar-refractivity contribution in [3.05, 3.63) is 27.5 Å². The van der Waals surface area contributed by atoms with Gasteiger partial charge in [-0.05, 0) is 34.8 Å². The molecule has 1 aromatic rings. The quantitative estimate of drug-likeness (QED) is 0.902. The highest BCUT2D eigenvalue weighted by molar-refractivity contribution is 9.10. The molecule has 0 aromatic carbocycles. The lowest BCUT2D eigenvalue weighted by Gasteiger charge is -2.15. The number of rotatable bonds is 3. The molecule has 1 aromatic heterocycles. The SMILES string of the molecule is O=C(O)NCC1(c2ncc(Br)cc2Cl)CC1. The highest BCUT2D eigenvalue weighted by atomic mass is 79.9. The number of carboxylic acid groups (broad SMARTS) is 1. The molecule has 6 heteroatoms. The zero-order chi connectivity index (χ0) is 11.8. The Labute approximate surface area is 106 Å². The maximum absolute atomic E-state index is 10.5. The summed E-state index contributed by atoms with van der Waals surface area (Å²) >= 11 is 9.39. The molecule has 0 atom stereocenters. The van der Waals surface area contributed by atoms with Crippen LogP contribution in [0.15, 0.2) is 16.7 Å². The summed E-state index contributed by atoms with van der Waals surface area (Å²) in [5.74, 6) is 0. The van der Waals surface area contributed by atoms with Crippen LogP contribution in [0, 0.1) is 0 Å². The summed E-state index contributed by atoms with van der Waals surface area (Å²) < 4.78 is 0.822. The zero-order valence-corrected chi connectivity index (χ0v) is 10.7. The first-order valence-corrected chi connectivity index (χ1v) is 5.99. The van der Waals surface area contributed by atoms with Crippen LogP contribution in [0.2, 0.25) is 5.02 Å². The average Bonchev–Trinajstić information content (AvgIpc) is 2.96. The Morgan fingerprint density at radius 1 is 1.69 bits per heavy atom. The number of amides is 1. The maximum atomic E-state index is 10.5. The lowest BCUT2D eigenvalue weighted by Crippen LogP contribution is -2.31. The molecule has 1 aliphatic rings. The van der Waals surface area contributed by atoms with Crippen molar-refractivity contribution in [3.63, 3.8) is 0 Å². The van der Waals surface area contributed by atoms with E-state index < -0.39 is 6.09 Å². The van der Waals surface area contributed by atoms with Crippen LogP contribution < -0.4 is 5.32 Å². The molecule has 2 N–H and O–H groups in total. The Morgan fingerprint density at radius 2 is 2.38 bits per heavy atom. The van der Waals surface area contributed by atoms with Gasteiger partial charge in [-0.25, -0.2) is 4.79 Å². The summed E-state index contributed by atoms with van der Waals surface area (Å²) in [6.45, 7) is 0.372. The number of aromatic nitrogens is 1. The summed E-state index contributed by atoms with van der Waals surface area (Å²) in [4.78, 5) is 14.8. The number of hydrogen-bond acceptors (Lipinski definition) is 2. The third kappa shape index (κ3) is 2.30. The second kappa shape index (κ2) is 4.22. The van der Waals surface area contributed by atoms with Gasteiger partial charge in [-0.15, -0.1) is 0 Å². The minimum absolute atomic E-state index is 0.198. The average molecular weight is 306 g/mol. The van der Waals surface area contributed by atoms with Crippen LogP contribution in [0.3, 0.4) is 0 Å². The Bertz CT molecular complexity index is 435. The van der Waals surface area contributed by atoms with E-state index in [9.17, 15) is 4.79 Å². The summed E-state index contributed by atoms with van der Waals surface area (Å²) in [6.07, 6.45) is 2.50. The number of hydrogen-bond donors (Lipinski definition) is 2. The number of nitrogens with one attached hydrogen (secondary N) is 1.